The highest BCUT2D eigenvalue weighted by molar-refractivity contribution is 5.76. The summed E-state index contributed by atoms with van der Waals surface area (Å²) in [6.07, 6.45) is 16.6. The Bertz CT molecular complexity index is 860. The first-order valence-corrected chi connectivity index (χ1v) is 13.4. The molecule has 3 aliphatic rings. The highest BCUT2D eigenvalue weighted by atomic mass is 16.5. The van der Waals surface area contributed by atoms with E-state index in [1.807, 2.05) is 6.08 Å². The molecule has 0 aromatic rings. The second kappa shape index (κ2) is 10.6. The zero-order valence-electron chi connectivity index (χ0n) is 22.7. The molecular weight excluding hydrogens is 420 g/mol. The number of carbonyl (C=O) groups excluding carboxylic acids is 1. The van der Waals surface area contributed by atoms with Crippen LogP contribution in [-0.2, 0) is 9.53 Å². The van der Waals surface area contributed by atoms with Crippen LogP contribution in [0.5, 0.6) is 0 Å². The second-order valence-electron chi connectivity index (χ2n) is 12.4. The van der Waals surface area contributed by atoms with Crippen LogP contribution in [0.25, 0.3) is 0 Å². The molecule has 0 radical (unpaired) electrons. The number of aliphatic hydroxyl groups excluding tert-OH is 1. The van der Waals surface area contributed by atoms with Crippen LogP contribution in [0.15, 0.2) is 47.6 Å². The number of carbonyl (C=O) groups is 1. The molecule has 1 N–H and O–H groups in total. The van der Waals surface area contributed by atoms with Gasteiger partial charge in [0.25, 0.3) is 0 Å². The van der Waals surface area contributed by atoms with Crippen LogP contribution < -0.4 is 0 Å². The summed E-state index contributed by atoms with van der Waals surface area (Å²) in [7, 11) is 1.37. The number of ether oxygens (including phenoxy) is 1. The van der Waals surface area contributed by atoms with E-state index in [9.17, 15) is 9.90 Å². The van der Waals surface area contributed by atoms with Crippen LogP contribution in [0, 0.1) is 40.4 Å². The lowest BCUT2D eigenvalue weighted by Crippen LogP contribution is -2.37. The van der Waals surface area contributed by atoms with Crippen molar-refractivity contribution < 1.29 is 14.6 Å². The molecule has 3 nitrogen and oxygen atoms in total. The monoisotopic (exact) mass is 468 g/mol. The average molecular weight is 469 g/mol. The van der Waals surface area contributed by atoms with E-state index in [1.54, 1.807) is 19.4 Å². The van der Waals surface area contributed by atoms with E-state index in [2.05, 4.69) is 52.5 Å². The van der Waals surface area contributed by atoms with Crippen molar-refractivity contribution in [3.05, 3.63) is 47.6 Å². The number of hydrogen-bond acceptors (Lipinski definition) is 3. The van der Waals surface area contributed by atoms with Crippen LogP contribution in [-0.4, -0.2) is 24.3 Å². The van der Waals surface area contributed by atoms with Crippen LogP contribution in [0.1, 0.15) is 86.5 Å². The SMILES string of the molecule is C=C1/C(=C/C=C2\CCCC3(C)C2CCC3C(C)/C=C/C(O)C(C)(C)C(=O)OC)CC(C)CC1C. The molecule has 0 aromatic carbocycles. The average Bonchev–Trinajstić information content (AvgIpc) is 3.15. The maximum Gasteiger partial charge on any atom is 0.314 e. The quantitative estimate of drug-likeness (QED) is 0.326. The molecule has 3 saturated carbocycles. The standard InChI is InChI=1S/C31H48O3/c1-20-18-22(3)23(4)25(19-20)13-12-24-10-9-17-31(7)26(14-15-27(24)31)21(2)11-16-28(32)30(5,6)29(33)34-8/h11-13,16,20-22,26-28,32H,4,9-10,14-15,17-19H2,1-3,5-8H3/b16-11+,24-12+,25-13+. The molecule has 0 aliphatic heterocycles. The van der Waals surface area contributed by atoms with Gasteiger partial charge in [-0.05, 0) is 105 Å². The molecular formula is C31H48O3. The number of rotatable bonds is 6. The van der Waals surface area contributed by atoms with Crippen LogP contribution >= 0.6 is 0 Å². The summed E-state index contributed by atoms with van der Waals surface area (Å²) in [5.74, 6) is 2.53. The summed E-state index contributed by atoms with van der Waals surface area (Å²) in [6, 6.07) is 0. The largest absolute Gasteiger partial charge is 0.469 e. The smallest absolute Gasteiger partial charge is 0.314 e. The molecule has 0 aromatic heterocycles. The molecule has 0 bridgehead atoms. The lowest BCUT2D eigenvalue weighted by atomic mass is 9.61. The molecule has 3 rings (SSSR count). The van der Waals surface area contributed by atoms with E-state index in [0.717, 1.165) is 12.3 Å². The van der Waals surface area contributed by atoms with E-state index in [1.165, 1.54) is 56.8 Å². The van der Waals surface area contributed by atoms with E-state index >= 15 is 0 Å². The van der Waals surface area contributed by atoms with Crippen molar-refractivity contribution in [3.63, 3.8) is 0 Å². The number of allylic oxidation sites excluding steroid dienone is 6. The van der Waals surface area contributed by atoms with Crippen molar-refractivity contribution in [1.29, 1.82) is 0 Å². The molecule has 0 saturated heterocycles. The number of hydrogen-bond donors (Lipinski definition) is 1. The molecule has 34 heavy (non-hydrogen) atoms. The highest BCUT2D eigenvalue weighted by Crippen LogP contribution is 2.59. The minimum absolute atomic E-state index is 0.291. The Hall–Kier alpha value is -1.61. The van der Waals surface area contributed by atoms with Gasteiger partial charge in [-0.2, -0.15) is 0 Å². The first-order chi connectivity index (χ1) is 15.9. The topological polar surface area (TPSA) is 46.5 Å². The molecule has 7 unspecified atom stereocenters. The normalized spacial score (nSPS) is 36.6. The van der Waals surface area contributed by atoms with E-state index in [4.69, 9.17) is 4.74 Å². The molecule has 190 valence electrons. The molecule has 0 amide bonds. The first kappa shape index (κ1) is 27.0. The van der Waals surface area contributed by atoms with Crippen molar-refractivity contribution in [2.24, 2.45) is 40.4 Å². The minimum atomic E-state index is -0.945. The van der Waals surface area contributed by atoms with Gasteiger partial charge in [-0.3, -0.25) is 4.79 Å². The van der Waals surface area contributed by atoms with Gasteiger partial charge in [0, 0.05) is 0 Å². The summed E-state index contributed by atoms with van der Waals surface area (Å²) in [5.41, 5.74) is 3.77. The van der Waals surface area contributed by atoms with Gasteiger partial charge >= 0.3 is 5.97 Å². The maximum absolute atomic E-state index is 12.1. The first-order valence-electron chi connectivity index (χ1n) is 13.4. The number of aliphatic hydroxyl groups is 1. The highest BCUT2D eigenvalue weighted by Gasteiger charge is 2.50. The van der Waals surface area contributed by atoms with Crippen LogP contribution in [0.3, 0.4) is 0 Å². The third kappa shape index (κ3) is 5.30. The zero-order valence-corrected chi connectivity index (χ0v) is 22.7. The molecule has 0 spiro atoms. The Morgan fingerprint density at radius 2 is 1.94 bits per heavy atom. The fourth-order valence-corrected chi connectivity index (χ4v) is 7.22. The van der Waals surface area contributed by atoms with Gasteiger partial charge in [0.1, 0.15) is 0 Å². The van der Waals surface area contributed by atoms with Crippen molar-refractivity contribution in [1.82, 2.24) is 0 Å². The predicted molar refractivity (Wildman–Crippen MR) is 141 cm³/mol. The predicted octanol–water partition coefficient (Wildman–Crippen LogP) is 7.43. The van der Waals surface area contributed by atoms with Gasteiger partial charge < -0.3 is 9.84 Å². The number of fused-ring (bicyclic) bond motifs is 1. The van der Waals surface area contributed by atoms with E-state index in [0.29, 0.717) is 29.1 Å². The maximum atomic E-state index is 12.1. The number of methoxy groups -OCH3 is 1. The Labute approximate surface area is 208 Å². The van der Waals surface area contributed by atoms with Gasteiger partial charge in [-0.15, -0.1) is 0 Å². The van der Waals surface area contributed by atoms with Gasteiger partial charge in [0.2, 0.25) is 0 Å². The Balaban J connectivity index is 1.75. The van der Waals surface area contributed by atoms with Crippen LogP contribution in [0.2, 0.25) is 0 Å². The van der Waals surface area contributed by atoms with Crippen molar-refractivity contribution in [2.75, 3.05) is 7.11 Å². The zero-order chi connectivity index (χ0) is 25.3. The summed E-state index contributed by atoms with van der Waals surface area (Å²) < 4.78 is 4.88. The van der Waals surface area contributed by atoms with E-state index in [-0.39, 0.29) is 5.97 Å². The van der Waals surface area contributed by atoms with Crippen molar-refractivity contribution >= 4 is 5.97 Å². The summed E-state index contributed by atoms with van der Waals surface area (Å²) in [4.78, 5) is 12.1. The lowest BCUT2D eigenvalue weighted by molar-refractivity contribution is -0.155. The van der Waals surface area contributed by atoms with Crippen molar-refractivity contribution in [2.45, 2.75) is 92.6 Å². The third-order valence-electron chi connectivity index (χ3n) is 9.55. The van der Waals surface area contributed by atoms with Crippen LogP contribution in [0.4, 0.5) is 0 Å². The van der Waals surface area contributed by atoms with Crippen molar-refractivity contribution in [3.8, 4) is 0 Å². The van der Waals surface area contributed by atoms with Gasteiger partial charge in [0.15, 0.2) is 0 Å². The van der Waals surface area contributed by atoms with E-state index < -0.39 is 11.5 Å². The minimum Gasteiger partial charge on any atom is -0.469 e. The van der Waals surface area contributed by atoms with Gasteiger partial charge in [0.05, 0.1) is 18.6 Å². The Kier molecular flexibility index (Phi) is 8.38. The summed E-state index contributed by atoms with van der Waals surface area (Å²) >= 11 is 0. The Morgan fingerprint density at radius 1 is 1.24 bits per heavy atom. The summed E-state index contributed by atoms with van der Waals surface area (Å²) in [6.45, 7) is 17.3. The molecule has 3 fully saturated rings. The summed E-state index contributed by atoms with van der Waals surface area (Å²) in [5, 5.41) is 10.7. The fourth-order valence-electron chi connectivity index (χ4n) is 7.22. The molecule has 0 heterocycles. The van der Waals surface area contributed by atoms with Gasteiger partial charge in [-0.25, -0.2) is 0 Å². The fraction of sp³-hybridized carbons (Fsp3) is 0.710. The Morgan fingerprint density at radius 3 is 2.62 bits per heavy atom. The lowest BCUT2D eigenvalue weighted by Gasteiger charge is -2.44. The second-order valence-corrected chi connectivity index (χ2v) is 12.4. The third-order valence-corrected chi connectivity index (χ3v) is 9.55. The van der Waals surface area contributed by atoms with Gasteiger partial charge in [-0.1, -0.05) is 64.2 Å². The molecule has 3 aliphatic carbocycles. The molecule has 7 atom stereocenters. The number of esters is 1. The molecule has 3 heteroatoms.